The summed E-state index contributed by atoms with van der Waals surface area (Å²) < 4.78 is 5.49. The Morgan fingerprint density at radius 3 is 2.64 bits per heavy atom. The third-order valence-corrected chi connectivity index (χ3v) is 6.60. The van der Waals surface area contributed by atoms with Gasteiger partial charge in [-0.25, -0.2) is 19.7 Å². The third kappa shape index (κ3) is 5.65. The van der Waals surface area contributed by atoms with Crippen LogP contribution in [0.1, 0.15) is 37.8 Å². The first-order valence-corrected chi connectivity index (χ1v) is 12.1. The van der Waals surface area contributed by atoms with Gasteiger partial charge in [-0.2, -0.15) is 0 Å². The van der Waals surface area contributed by atoms with Crippen LogP contribution in [0.2, 0.25) is 0 Å². The summed E-state index contributed by atoms with van der Waals surface area (Å²) in [5.41, 5.74) is 3.47. The predicted octanol–water partition coefficient (Wildman–Crippen LogP) is 3.95. The number of urea groups is 1. The van der Waals surface area contributed by atoms with Crippen molar-refractivity contribution in [3.8, 4) is 22.6 Å². The molecule has 3 N–H and O–H groups in total. The number of carbonyl (C=O) groups excluding carboxylic acids is 2. The molecule has 2 aliphatic rings. The van der Waals surface area contributed by atoms with Gasteiger partial charge in [-0.15, -0.1) is 0 Å². The maximum Gasteiger partial charge on any atom is 0.319 e. The first kappa shape index (κ1) is 23.8. The molecule has 0 spiro atoms. The number of anilines is 2. The molecule has 36 heavy (non-hydrogen) atoms. The molecular formula is C26H29N7O3. The lowest BCUT2D eigenvalue weighted by atomic mass is 10.1. The summed E-state index contributed by atoms with van der Waals surface area (Å²) in [5.74, 6) is 1.06. The van der Waals surface area contributed by atoms with E-state index in [0.717, 1.165) is 48.9 Å². The normalized spacial score (nSPS) is 15.7. The van der Waals surface area contributed by atoms with Gasteiger partial charge in [0.15, 0.2) is 5.82 Å². The lowest BCUT2D eigenvalue weighted by Crippen LogP contribution is -2.32. The van der Waals surface area contributed by atoms with Crippen molar-refractivity contribution in [1.82, 2.24) is 25.3 Å². The Balaban J connectivity index is 1.28. The van der Waals surface area contributed by atoms with E-state index in [1.54, 1.807) is 43.9 Å². The van der Waals surface area contributed by atoms with E-state index in [2.05, 4.69) is 30.9 Å². The zero-order chi connectivity index (χ0) is 25.1. The van der Waals surface area contributed by atoms with Crippen molar-refractivity contribution >= 4 is 23.4 Å². The van der Waals surface area contributed by atoms with Crippen LogP contribution in [-0.2, 0) is 9.53 Å². The van der Waals surface area contributed by atoms with Crippen molar-refractivity contribution < 1.29 is 14.3 Å². The fourth-order valence-corrected chi connectivity index (χ4v) is 4.00. The van der Waals surface area contributed by atoms with E-state index >= 15 is 0 Å². The van der Waals surface area contributed by atoms with Gasteiger partial charge < -0.3 is 20.7 Å². The number of methoxy groups -OCH3 is 1. The SMILES string of the molecule is COC1(CCNC(=O)Nc2cnc(C)c(-c3ccnc(-c4ccnc(NC(=O)C5CC5)c4)n3)c2)CC1. The number of nitrogens with one attached hydrogen (secondary N) is 3. The number of hydrogen-bond acceptors (Lipinski definition) is 7. The summed E-state index contributed by atoms with van der Waals surface area (Å²) in [6.45, 7) is 2.43. The Labute approximate surface area is 209 Å². The van der Waals surface area contributed by atoms with Gasteiger partial charge in [-0.3, -0.25) is 9.78 Å². The van der Waals surface area contributed by atoms with Gasteiger partial charge in [0.2, 0.25) is 5.91 Å². The van der Waals surface area contributed by atoms with E-state index < -0.39 is 0 Å². The summed E-state index contributed by atoms with van der Waals surface area (Å²) in [6, 6.07) is 6.92. The Morgan fingerprint density at radius 2 is 1.89 bits per heavy atom. The van der Waals surface area contributed by atoms with Crippen LogP contribution in [0.25, 0.3) is 22.6 Å². The Hall–Kier alpha value is -3.92. The van der Waals surface area contributed by atoms with Crippen molar-refractivity contribution in [1.29, 1.82) is 0 Å². The van der Waals surface area contributed by atoms with Gasteiger partial charge in [0.05, 0.1) is 23.2 Å². The Bertz CT molecular complexity index is 1290. The van der Waals surface area contributed by atoms with Crippen LogP contribution in [0.15, 0.2) is 42.9 Å². The number of aromatic nitrogens is 4. The zero-order valence-electron chi connectivity index (χ0n) is 20.4. The van der Waals surface area contributed by atoms with E-state index in [1.165, 1.54) is 0 Å². The van der Waals surface area contributed by atoms with Crippen molar-refractivity contribution in [2.24, 2.45) is 5.92 Å². The summed E-state index contributed by atoms with van der Waals surface area (Å²) in [6.07, 6.45) is 9.64. The minimum absolute atomic E-state index is 0.00453. The number of carbonyl (C=O) groups is 2. The summed E-state index contributed by atoms with van der Waals surface area (Å²) in [5, 5.41) is 8.58. The molecule has 3 aromatic heterocycles. The van der Waals surface area contributed by atoms with Gasteiger partial charge in [-0.05, 0) is 63.3 Å². The quantitative estimate of drug-likeness (QED) is 0.416. The summed E-state index contributed by atoms with van der Waals surface area (Å²) >= 11 is 0. The topological polar surface area (TPSA) is 131 Å². The van der Waals surface area contributed by atoms with Gasteiger partial charge >= 0.3 is 6.03 Å². The minimum Gasteiger partial charge on any atom is -0.378 e. The van der Waals surface area contributed by atoms with Gasteiger partial charge in [-0.1, -0.05) is 0 Å². The van der Waals surface area contributed by atoms with E-state index in [0.29, 0.717) is 29.6 Å². The standard InChI is InChI=1S/C26H29N7O3/c1-16-20(14-19(15-30-16)31-25(35)29-12-9-26(36-2)7-8-26)21-6-11-28-23(32-21)18-5-10-27-22(13-18)33-24(34)17-3-4-17/h5-6,10-11,13-15,17H,3-4,7-9,12H2,1-2H3,(H,27,33,34)(H2,29,31,35). The molecule has 0 bridgehead atoms. The summed E-state index contributed by atoms with van der Waals surface area (Å²) in [4.78, 5) is 42.3. The van der Waals surface area contributed by atoms with Gasteiger partial charge in [0, 0.05) is 48.8 Å². The van der Waals surface area contributed by atoms with Crippen molar-refractivity contribution in [3.63, 3.8) is 0 Å². The fraction of sp³-hybridized carbons (Fsp3) is 0.385. The molecule has 5 rings (SSSR count). The molecule has 0 atom stereocenters. The maximum atomic E-state index is 12.4. The highest BCUT2D eigenvalue weighted by Gasteiger charge is 2.42. The number of rotatable bonds is 9. The molecule has 0 radical (unpaired) electrons. The molecule has 10 nitrogen and oxygen atoms in total. The monoisotopic (exact) mass is 487 g/mol. The van der Waals surface area contributed by atoms with E-state index in [4.69, 9.17) is 9.72 Å². The highest BCUT2D eigenvalue weighted by molar-refractivity contribution is 5.93. The van der Waals surface area contributed by atoms with Crippen LogP contribution in [-0.4, -0.2) is 51.1 Å². The van der Waals surface area contributed by atoms with Crippen molar-refractivity contribution in [2.45, 2.75) is 44.6 Å². The lowest BCUT2D eigenvalue weighted by molar-refractivity contribution is -0.117. The molecule has 0 aliphatic heterocycles. The minimum atomic E-state index is -0.292. The van der Waals surface area contributed by atoms with E-state index in [1.807, 2.05) is 13.0 Å². The molecule has 3 heterocycles. The zero-order valence-corrected chi connectivity index (χ0v) is 20.4. The molecular weight excluding hydrogens is 458 g/mol. The number of hydrogen-bond donors (Lipinski definition) is 3. The molecule has 3 aromatic rings. The molecule has 2 saturated carbocycles. The van der Waals surface area contributed by atoms with E-state index in [-0.39, 0.29) is 23.5 Å². The van der Waals surface area contributed by atoms with Gasteiger partial charge in [0.25, 0.3) is 0 Å². The first-order valence-electron chi connectivity index (χ1n) is 12.1. The lowest BCUT2D eigenvalue weighted by Gasteiger charge is -2.14. The second kappa shape index (κ2) is 9.98. The molecule has 3 amide bonds. The highest BCUT2D eigenvalue weighted by Crippen LogP contribution is 2.41. The fourth-order valence-electron chi connectivity index (χ4n) is 4.00. The third-order valence-electron chi connectivity index (χ3n) is 6.60. The first-order chi connectivity index (χ1) is 17.4. The van der Waals surface area contributed by atoms with Crippen LogP contribution >= 0.6 is 0 Å². The molecule has 10 heteroatoms. The average molecular weight is 488 g/mol. The number of nitrogens with zero attached hydrogens (tertiary/aromatic N) is 4. The largest absolute Gasteiger partial charge is 0.378 e. The molecule has 2 aliphatic carbocycles. The van der Waals surface area contributed by atoms with Crippen LogP contribution < -0.4 is 16.0 Å². The number of ether oxygens (including phenoxy) is 1. The van der Waals surface area contributed by atoms with Gasteiger partial charge in [0.1, 0.15) is 5.82 Å². The number of pyridine rings is 2. The summed E-state index contributed by atoms with van der Waals surface area (Å²) in [7, 11) is 1.71. The van der Waals surface area contributed by atoms with E-state index in [9.17, 15) is 9.59 Å². The maximum absolute atomic E-state index is 12.4. The Kier molecular flexibility index (Phi) is 6.60. The van der Waals surface area contributed by atoms with Crippen LogP contribution in [0.4, 0.5) is 16.3 Å². The number of aryl methyl sites for hydroxylation is 1. The molecule has 0 unspecified atom stereocenters. The van der Waals surface area contributed by atoms with Crippen LogP contribution in [0.3, 0.4) is 0 Å². The molecule has 0 aromatic carbocycles. The van der Waals surface area contributed by atoms with Crippen LogP contribution in [0, 0.1) is 12.8 Å². The second-order valence-electron chi connectivity index (χ2n) is 9.33. The molecule has 0 saturated heterocycles. The molecule has 186 valence electrons. The average Bonchev–Trinajstić information content (AvgIpc) is 3.81. The van der Waals surface area contributed by atoms with Crippen molar-refractivity contribution in [3.05, 3.63) is 48.5 Å². The highest BCUT2D eigenvalue weighted by atomic mass is 16.5. The Morgan fingerprint density at radius 1 is 1.08 bits per heavy atom. The smallest absolute Gasteiger partial charge is 0.319 e. The number of amides is 3. The van der Waals surface area contributed by atoms with Crippen molar-refractivity contribution in [2.75, 3.05) is 24.3 Å². The second-order valence-corrected chi connectivity index (χ2v) is 9.33. The predicted molar refractivity (Wildman–Crippen MR) is 135 cm³/mol. The van der Waals surface area contributed by atoms with Crippen LogP contribution in [0.5, 0.6) is 0 Å². The molecule has 2 fully saturated rings.